The number of fused-ring (bicyclic) bond motifs is 1. The molecule has 3 aromatic rings. The van der Waals surface area contributed by atoms with Crippen LogP contribution < -0.4 is 20.1 Å². The molecule has 3 heterocycles. The maximum atomic E-state index is 13.5. The number of hydrogen-bond donors (Lipinski definition) is 2. The Bertz CT molecular complexity index is 1290. The highest BCUT2D eigenvalue weighted by Gasteiger charge is 2.30. The largest absolute Gasteiger partial charge is 0.481 e. The van der Waals surface area contributed by atoms with E-state index in [4.69, 9.17) is 20.3 Å². The van der Waals surface area contributed by atoms with Crippen molar-refractivity contribution in [1.29, 1.82) is 0 Å². The average Bonchev–Trinajstić information content (AvgIpc) is 3.10. The van der Waals surface area contributed by atoms with Crippen molar-refractivity contribution in [2.45, 2.75) is 50.9 Å². The summed E-state index contributed by atoms with van der Waals surface area (Å²) >= 11 is 0. The Hall–Kier alpha value is -4.21. The third-order valence-electron chi connectivity index (χ3n) is 7.42. The van der Waals surface area contributed by atoms with Crippen LogP contribution in [0, 0.1) is 5.92 Å². The van der Waals surface area contributed by atoms with E-state index < -0.39 is 5.97 Å². The number of benzene rings is 1. The molecule has 10 heteroatoms. The molecular formula is C29H33N5O5. The minimum atomic E-state index is -0.720. The Morgan fingerprint density at radius 1 is 1.10 bits per heavy atom. The van der Waals surface area contributed by atoms with E-state index in [2.05, 4.69) is 27.1 Å². The van der Waals surface area contributed by atoms with E-state index in [1.165, 1.54) is 5.56 Å². The van der Waals surface area contributed by atoms with Crippen LogP contribution in [0.1, 0.15) is 66.1 Å². The van der Waals surface area contributed by atoms with Gasteiger partial charge in [0.1, 0.15) is 18.0 Å². The van der Waals surface area contributed by atoms with E-state index in [1.54, 1.807) is 11.1 Å². The fraction of sp³-hybridized carbons (Fsp3) is 0.414. The number of ether oxygens (including phenoxy) is 2. The molecule has 0 unspecified atom stereocenters. The second kappa shape index (κ2) is 12.1. The first kappa shape index (κ1) is 26.4. The van der Waals surface area contributed by atoms with Gasteiger partial charge in [0.25, 0.3) is 5.91 Å². The Balaban J connectivity index is 1.22. The molecule has 2 aliphatic rings. The summed E-state index contributed by atoms with van der Waals surface area (Å²) in [7, 11) is 0. The second-order valence-electron chi connectivity index (χ2n) is 10.1. The lowest BCUT2D eigenvalue weighted by Gasteiger charge is -2.28. The molecule has 10 nitrogen and oxygen atoms in total. The van der Waals surface area contributed by atoms with Gasteiger partial charge >= 0.3 is 12.0 Å². The molecule has 3 N–H and O–H groups in total. The summed E-state index contributed by atoms with van der Waals surface area (Å²) in [6.45, 7) is 0.973. The molecule has 1 aliphatic heterocycles. The highest BCUT2D eigenvalue weighted by molar-refractivity contribution is 6.10. The van der Waals surface area contributed by atoms with Gasteiger partial charge in [0.15, 0.2) is 0 Å². The van der Waals surface area contributed by atoms with Gasteiger partial charge in [-0.25, -0.2) is 0 Å². The van der Waals surface area contributed by atoms with E-state index in [-0.39, 0.29) is 48.1 Å². The Morgan fingerprint density at radius 3 is 2.62 bits per heavy atom. The molecule has 5 rings (SSSR count). The quantitative estimate of drug-likeness (QED) is 0.388. The smallest absolute Gasteiger partial charge is 0.321 e. The molecule has 0 bridgehead atoms. The van der Waals surface area contributed by atoms with Gasteiger partial charge in [-0.1, -0.05) is 18.2 Å². The van der Waals surface area contributed by atoms with Gasteiger partial charge in [-0.15, -0.1) is 0 Å². The zero-order valence-electron chi connectivity index (χ0n) is 21.8. The Morgan fingerprint density at radius 2 is 1.90 bits per heavy atom. The van der Waals surface area contributed by atoms with Gasteiger partial charge in [-0.3, -0.25) is 14.6 Å². The van der Waals surface area contributed by atoms with Crippen LogP contribution in [0.2, 0.25) is 0 Å². The number of carboxylic acids is 1. The van der Waals surface area contributed by atoms with Crippen LogP contribution in [0.25, 0.3) is 0 Å². The number of aliphatic carboxylic acids is 1. The van der Waals surface area contributed by atoms with E-state index in [0.717, 1.165) is 49.9 Å². The van der Waals surface area contributed by atoms with Crippen molar-refractivity contribution in [1.82, 2.24) is 15.0 Å². The summed E-state index contributed by atoms with van der Waals surface area (Å²) in [6, 6.07) is 13.9. The second-order valence-corrected chi connectivity index (χ2v) is 10.1. The predicted octanol–water partition coefficient (Wildman–Crippen LogP) is 4.25. The first-order chi connectivity index (χ1) is 19.0. The van der Waals surface area contributed by atoms with Crippen molar-refractivity contribution in [2.24, 2.45) is 5.92 Å². The topological polar surface area (TPSA) is 141 Å². The summed E-state index contributed by atoms with van der Waals surface area (Å²) in [4.78, 5) is 39.0. The predicted molar refractivity (Wildman–Crippen MR) is 145 cm³/mol. The molecule has 1 aliphatic carbocycles. The zero-order chi connectivity index (χ0) is 27.2. The van der Waals surface area contributed by atoms with Gasteiger partial charge < -0.3 is 25.2 Å². The molecule has 1 amide bonds. The lowest BCUT2D eigenvalue weighted by atomic mass is 9.77. The molecule has 0 radical (unpaired) electrons. The van der Waals surface area contributed by atoms with E-state index in [9.17, 15) is 9.59 Å². The van der Waals surface area contributed by atoms with Crippen LogP contribution in [-0.4, -0.2) is 51.7 Å². The van der Waals surface area contributed by atoms with Crippen LogP contribution >= 0.6 is 0 Å². The Kier molecular flexibility index (Phi) is 8.19. The molecule has 1 saturated carbocycles. The average molecular weight is 532 g/mol. The number of nitrogen functional groups attached to an aromatic ring is 1. The number of carbonyl (C=O) groups excluding carboxylic acids is 1. The van der Waals surface area contributed by atoms with Crippen molar-refractivity contribution in [3.63, 3.8) is 0 Å². The number of carboxylic acid groups (broad SMARTS) is 1. The van der Waals surface area contributed by atoms with Crippen LogP contribution in [0.5, 0.6) is 11.9 Å². The minimum absolute atomic E-state index is 0.0198. The number of pyridine rings is 1. The van der Waals surface area contributed by atoms with E-state index in [0.29, 0.717) is 19.1 Å². The van der Waals surface area contributed by atoms with Crippen molar-refractivity contribution >= 4 is 23.4 Å². The van der Waals surface area contributed by atoms with Gasteiger partial charge in [0.05, 0.1) is 13.2 Å². The molecule has 0 spiro atoms. The SMILES string of the molecule is Nc1nc(OCCCc2ccccn2)nc2c1C(=O)N(c1ccc(C3CCC(CC(=O)O)CC3)cc1)CCO2. The van der Waals surface area contributed by atoms with Crippen LogP contribution in [-0.2, 0) is 11.2 Å². The van der Waals surface area contributed by atoms with Crippen LogP contribution in [0.15, 0.2) is 48.7 Å². The summed E-state index contributed by atoms with van der Waals surface area (Å²) in [6.07, 6.45) is 7.29. The van der Waals surface area contributed by atoms with Crippen molar-refractivity contribution < 1.29 is 24.2 Å². The highest BCUT2D eigenvalue weighted by Crippen LogP contribution is 2.38. The number of nitrogens with zero attached hydrogens (tertiary/aromatic N) is 4. The fourth-order valence-electron chi connectivity index (χ4n) is 5.36. The van der Waals surface area contributed by atoms with Crippen LogP contribution in [0.4, 0.5) is 11.5 Å². The number of nitrogens with two attached hydrogens (primary N) is 1. The van der Waals surface area contributed by atoms with Crippen LogP contribution in [0.3, 0.4) is 0 Å². The number of aryl methyl sites for hydroxylation is 1. The molecule has 1 aromatic carbocycles. The monoisotopic (exact) mass is 531 g/mol. The summed E-state index contributed by atoms with van der Waals surface area (Å²) < 4.78 is 11.5. The first-order valence-corrected chi connectivity index (χ1v) is 13.4. The maximum absolute atomic E-state index is 13.5. The highest BCUT2D eigenvalue weighted by atomic mass is 16.5. The lowest BCUT2D eigenvalue weighted by Crippen LogP contribution is -2.32. The number of aromatic nitrogens is 3. The maximum Gasteiger partial charge on any atom is 0.321 e. The van der Waals surface area contributed by atoms with E-state index in [1.807, 2.05) is 30.3 Å². The number of rotatable bonds is 9. The van der Waals surface area contributed by atoms with Crippen molar-refractivity contribution in [2.75, 3.05) is 30.4 Å². The third kappa shape index (κ3) is 6.45. The third-order valence-corrected chi connectivity index (χ3v) is 7.42. The van der Waals surface area contributed by atoms with E-state index >= 15 is 0 Å². The Labute approximate surface area is 227 Å². The van der Waals surface area contributed by atoms with Crippen molar-refractivity contribution in [3.05, 3.63) is 65.5 Å². The fourth-order valence-corrected chi connectivity index (χ4v) is 5.36. The van der Waals surface area contributed by atoms with Gasteiger partial charge in [-0.05, 0) is 80.2 Å². The summed E-state index contributed by atoms with van der Waals surface area (Å²) in [5.74, 6) is -0.223. The first-order valence-electron chi connectivity index (χ1n) is 13.4. The normalized spacial score (nSPS) is 19.1. The number of anilines is 2. The van der Waals surface area contributed by atoms with Gasteiger partial charge in [0, 0.05) is 24.0 Å². The van der Waals surface area contributed by atoms with Gasteiger partial charge in [0.2, 0.25) is 5.88 Å². The van der Waals surface area contributed by atoms with Gasteiger partial charge in [-0.2, -0.15) is 9.97 Å². The molecule has 204 valence electrons. The number of hydrogen-bond acceptors (Lipinski definition) is 8. The summed E-state index contributed by atoms with van der Waals surface area (Å²) in [5.41, 5.74) is 9.26. The summed E-state index contributed by atoms with van der Waals surface area (Å²) in [5, 5.41) is 9.05. The molecular weight excluding hydrogens is 498 g/mol. The zero-order valence-corrected chi connectivity index (χ0v) is 21.8. The lowest BCUT2D eigenvalue weighted by molar-refractivity contribution is -0.138. The molecule has 1 fully saturated rings. The molecule has 0 atom stereocenters. The molecule has 2 aromatic heterocycles. The van der Waals surface area contributed by atoms with Crippen molar-refractivity contribution in [3.8, 4) is 11.9 Å². The standard InChI is InChI=1S/C29H33N5O5/c30-26-25-27(33-29(32-26)39-16-3-5-22-4-1-2-14-31-22)38-17-15-34(28(25)37)23-12-10-21(11-13-23)20-8-6-19(7-9-20)18-24(35)36/h1-2,4,10-14,19-20H,3,5-9,15-18H2,(H,35,36)(H2,30,32,33). The number of amides is 1. The minimum Gasteiger partial charge on any atom is -0.481 e. The molecule has 0 saturated heterocycles. The molecule has 39 heavy (non-hydrogen) atoms. The number of carbonyl (C=O) groups is 2.